The molecular weight excluding hydrogens is 110 g/mol. The summed E-state index contributed by atoms with van der Waals surface area (Å²) in [5.41, 5.74) is 1.18. The highest BCUT2D eigenvalue weighted by Crippen LogP contribution is 1.96. The quantitative estimate of drug-likeness (QED) is 0.514. The molecule has 0 aliphatic rings. The maximum absolute atomic E-state index is 3.80. The van der Waals surface area contributed by atoms with Gasteiger partial charge in [-0.25, -0.2) is 0 Å². The van der Waals surface area contributed by atoms with Crippen molar-refractivity contribution in [3.05, 3.63) is 25.4 Å². The van der Waals surface area contributed by atoms with E-state index in [1.54, 1.807) is 0 Å². The third-order valence-electron chi connectivity index (χ3n) is 1.04. The van der Waals surface area contributed by atoms with Crippen molar-refractivity contribution in [3.8, 4) is 0 Å². The van der Waals surface area contributed by atoms with E-state index in [0.29, 0.717) is 0 Å². The molecule has 0 amide bonds. The molecule has 1 nitrogen and oxygen atoms in total. The second kappa shape index (κ2) is 7.28. The summed E-state index contributed by atoms with van der Waals surface area (Å²) in [7, 11) is 4.01. The highest BCUT2D eigenvalue weighted by atomic mass is 15.1. The van der Waals surface area contributed by atoms with Crippen LogP contribution in [0, 0.1) is 0 Å². The monoisotopic (exact) mass is 127 g/mol. The Morgan fingerprint density at radius 3 is 1.67 bits per heavy atom. The van der Waals surface area contributed by atoms with Crippen LogP contribution < -0.4 is 0 Å². The van der Waals surface area contributed by atoms with Crippen molar-refractivity contribution in [1.29, 1.82) is 0 Å². The van der Waals surface area contributed by atoms with E-state index in [1.165, 1.54) is 5.70 Å². The fraction of sp³-hybridized carbons (Fsp3) is 0.500. The van der Waals surface area contributed by atoms with Gasteiger partial charge in [-0.05, 0) is 6.42 Å². The molecule has 0 aromatic heterocycles. The predicted molar refractivity (Wildman–Crippen MR) is 44.4 cm³/mol. The van der Waals surface area contributed by atoms with Gasteiger partial charge in [-0.2, -0.15) is 0 Å². The minimum absolute atomic E-state index is 1.05. The van der Waals surface area contributed by atoms with E-state index < -0.39 is 0 Å². The van der Waals surface area contributed by atoms with E-state index in [2.05, 4.69) is 26.7 Å². The van der Waals surface area contributed by atoms with E-state index >= 15 is 0 Å². The predicted octanol–water partition coefficient (Wildman–Crippen LogP) is 2.27. The van der Waals surface area contributed by atoms with Crippen molar-refractivity contribution in [1.82, 2.24) is 4.90 Å². The normalized spacial score (nSPS) is 7.00. The lowest BCUT2D eigenvalue weighted by atomic mass is 10.4. The van der Waals surface area contributed by atoms with Gasteiger partial charge in [-0.3, -0.25) is 0 Å². The average molecular weight is 127 g/mol. The Labute approximate surface area is 58.7 Å². The van der Waals surface area contributed by atoms with Crippen LogP contribution in [0.15, 0.2) is 25.4 Å². The molecular formula is C8H17N. The molecule has 0 spiro atoms. The van der Waals surface area contributed by atoms with Crippen LogP contribution in [0.4, 0.5) is 0 Å². The minimum Gasteiger partial charge on any atom is -0.381 e. The van der Waals surface area contributed by atoms with Gasteiger partial charge in [-0.1, -0.05) is 13.5 Å². The zero-order chi connectivity index (χ0) is 7.86. The largest absolute Gasteiger partial charge is 0.381 e. The van der Waals surface area contributed by atoms with E-state index in [1.807, 2.05) is 19.0 Å². The first-order valence-electron chi connectivity index (χ1n) is 3.03. The van der Waals surface area contributed by atoms with Gasteiger partial charge >= 0.3 is 0 Å². The molecule has 54 valence electrons. The molecule has 0 atom stereocenters. The first kappa shape index (κ1) is 11.1. The standard InChI is InChI=1S/C6H13N.C2H4/c1-5-6(2)7(3)4;1-2/h2,5H2,1,3-4H3;1-2H2. The Morgan fingerprint density at radius 2 is 1.67 bits per heavy atom. The van der Waals surface area contributed by atoms with Crippen LogP contribution in [0.1, 0.15) is 13.3 Å². The van der Waals surface area contributed by atoms with Gasteiger partial charge in [-0.15, -0.1) is 13.2 Å². The molecule has 1 heteroatoms. The summed E-state index contributed by atoms with van der Waals surface area (Å²) in [5, 5.41) is 0. The first-order chi connectivity index (χ1) is 4.18. The molecule has 0 saturated carbocycles. The first-order valence-corrected chi connectivity index (χ1v) is 3.03. The number of allylic oxidation sites excluding steroid dienone is 1. The summed E-state index contributed by atoms with van der Waals surface area (Å²) >= 11 is 0. The van der Waals surface area contributed by atoms with Crippen LogP contribution in [0.5, 0.6) is 0 Å². The van der Waals surface area contributed by atoms with E-state index in [9.17, 15) is 0 Å². The van der Waals surface area contributed by atoms with Crippen molar-refractivity contribution in [2.45, 2.75) is 13.3 Å². The van der Waals surface area contributed by atoms with Gasteiger partial charge in [0.15, 0.2) is 0 Å². The molecule has 0 radical (unpaired) electrons. The summed E-state index contributed by atoms with van der Waals surface area (Å²) in [6.07, 6.45) is 1.05. The van der Waals surface area contributed by atoms with Crippen LogP contribution in [0.25, 0.3) is 0 Å². The van der Waals surface area contributed by atoms with Gasteiger partial charge < -0.3 is 4.90 Å². The fourth-order valence-corrected chi connectivity index (χ4v) is 0.316. The van der Waals surface area contributed by atoms with Gasteiger partial charge in [0.05, 0.1) is 0 Å². The van der Waals surface area contributed by atoms with Crippen molar-refractivity contribution < 1.29 is 0 Å². The Morgan fingerprint density at radius 1 is 1.33 bits per heavy atom. The van der Waals surface area contributed by atoms with Crippen LogP contribution in [0.2, 0.25) is 0 Å². The molecule has 0 N–H and O–H groups in total. The number of nitrogens with zero attached hydrogens (tertiary/aromatic N) is 1. The molecule has 0 bridgehead atoms. The zero-order valence-electron chi connectivity index (χ0n) is 6.78. The highest BCUT2D eigenvalue weighted by molar-refractivity contribution is 4.88. The highest BCUT2D eigenvalue weighted by Gasteiger charge is 1.86. The minimum atomic E-state index is 1.05. The Kier molecular flexibility index (Phi) is 9.00. The SMILES string of the molecule is C=C.C=C(CC)N(C)C. The van der Waals surface area contributed by atoms with Crippen molar-refractivity contribution in [3.63, 3.8) is 0 Å². The molecule has 0 aliphatic carbocycles. The second-order valence-corrected chi connectivity index (χ2v) is 1.81. The smallest absolute Gasteiger partial charge is 0.00579 e. The Hall–Kier alpha value is -0.720. The number of hydrogen-bond donors (Lipinski definition) is 0. The summed E-state index contributed by atoms with van der Waals surface area (Å²) in [4.78, 5) is 2.03. The van der Waals surface area contributed by atoms with Crippen LogP contribution in [-0.4, -0.2) is 19.0 Å². The molecule has 0 rings (SSSR count). The summed E-state index contributed by atoms with van der Waals surface area (Å²) in [5.74, 6) is 0. The zero-order valence-corrected chi connectivity index (χ0v) is 6.78. The Balaban J connectivity index is 0. The van der Waals surface area contributed by atoms with Crippen molar-refractivity contribution >= 4 is 0 Å². The molecule has 0 aromatic rings. The van der Waals surface area contributed by atoms with Crippen molar-refractivity contribution in [2.75, 3.05) is 14.1 Å². The maximum Gasteiger partial charge on any atom is 0.00579 e. The summed E-state index contributed by atoms with van der Waals surface area (Å²) < 4.78 is 0. The van der Waals surface area contributed by atoms with Crippen LogP contribution >= 0.6 is 0 Å². The molecule has 0 fully saturated rings. The fourth-order valence-electron chi connectivity index (χ4n) is 0.316. The molecule has 9 heavy (non-hydrogen) atoms. The van der Waals surface area contributed by atoms with E-state index in [4.69, 9.17) is 0 Å². The molecule has 0 aliphatic heterocycles. The molecule has 0 saturated heterocycles. The lowest BCUT2D eigenvalue weighted by Gasteiger charge is -2.12. The van der Waals surface area contributed by atoms with Gasteiger partial charge in [0.25, 0.3) is 0 Å². The third kappa shape index (κ3) is 7.28. The lowest BCUT2D eigenvalue weighted by molar-refractivity contribution is 0.497. The molecule has 0 heterocycles. The van der Waals surface area contributed by atoms with Gasteiger partial charge in [0, 0.05) is 19.8 Å². The second-order valence-electron chi connectivity index (χ2n) is 1.81. The third-order valence-corrected chi connectivity index (χ3v) is 1.04. The van der Waals surface area contributed by atoms with Crippen molar-refractivity contribution in [2.24, 2.45) is 0 Å². The lowest BCUT2D eigenvalue weighted by Crippen LogP contribution is -2.08. The maximum atomic E-state index is 3.80. The summed E-state index contributed by atoms with van der Waals surface area (Å²) in [6, 6.07) is 0. The van der Waals surface area contributed by atoms with Gasteiger partial charge in [0.1, 0.15) is 0 Å². The van der Waals surface area contributed by atoms with E-state index in [0.717, 1.165) is 6.42 Å². The molecule has 0 unspecified atom stereocenters. The van der Waals surface area contributed by atoms with Crippen LogP contribution in [-0.2, 0) is 0 Å². The molecule has 0 aromatic carbocycles. The number of rotatable bonds is 2. The van der Waals surface area contributed by atoms with E-state index in [-0.39, 0.29) is 0 Å². The average Bonchev–Trinajstić information content (AvgIpc) is 1.91. The van der Waals surface area contributed by atoms with Gasteiger partial charge in [0.2, 0.25) is 0 Å². The topological polar surface area (TPSA) is 3.24 Å². The summed E-state index contributed by atoms with van der Waals surface area (Å²) in [6.45, 7) is 11.9. The Bertz CT molecular complexity index is 74.6. The number of hydrogen-bond acceptors (Lipinski definition) is 1. The van der Waals surface area contributed by atoms with Crippen LogP contribution in [0.3, 0.4) is 0 Å².